The van der Waals surface area contributed by atoms with E-state index in [0.717, 1.165) is 16.7 Å². The lowest BCUT2D eigenvalue weighted by Crippen LogP contribution is -2.23. The maximum absolute atomic E-state index is 12.6. The van der Waals surface area contributed by atoms with Crippen molar-refractivity contribution in [2.45, 2.75) is 19.4 Å². The summed E-state index contributed by atoms with van der Waals surface area (Å²) in [6.45, 7) is 1.88. The molecule has 1 aliphatic heterocycles. The molecule has 0 bridgehead atoms. The van der Waals surface area contributed by atoms with E-state index in [1.807, 2.05) is 49.4 Å². The summed E-state index contributed by atoms with van der Waals surface area (Å²) in [5.74, 6) is -0.0887. The Kier molecular flexibility index (Phi) is 4.42. The zero-order valence-electron chi connectivity index (χ0n) is 14.8. The molecule has 0 unspecified atom stereocenters. The molecular weight excluding hydrogens is 340 g/mol. The van der Waals surface area contributed by atoms with E-state index >= 15 is 0 Å². The molecule has 3 aromatic rings. The molecule has 134 valence electrons. The first-order valence-corrected chi connectivity index (χ1v) is 8.73. The fraction of sp³-hybridized carbons (Fsp3) is 0.136. The zero-order valence-corrected chi connectivity index (χ0v) is 14.8. The van der Waals surface area contributed by atoms with Crippen molar-refractivity contribution in [3.63, 3.8) is 0 Å². The number of anilines is 1. The number of nitrogens with zero attached hydrogens (tertiary/aromatic N) is 1. The quantitative estimate of drug-likeness (QED) is 0.716. The summed E-state index contributed by atoms with van der Waals surface area (Å²) < 4.78 is 5.56. The van der Waals surface area contributed by atoms with Gasteiger partial charge in [-0.3, -0.25) is 4.79 Å². The molecule has 2 heterocycles. The first kappa shape index (κ1) is 17.0. The van der Waals surface area contributed by atoms with Gasteiger partial charge in [0.25, 0.3) is 5.91 Å². The molecule has 1 N–H and O–H groups in total. The monoisotopic (exact) mass is 358 g/mol. The number of esters is 1. The second-order valence-electron chi connectivity index (χ2n) is 6.50. The van der Waals surface area contributed by atoms with Crippen molar-refractivity contribution in [2.75, 3.05) is 5.32 Å². The molecule has 0 radical (unpaired) electrons. The van der Waals surface area contributed by atoms with Crippen LogP contribution in [-0.4, -0.2) is 16.9 Å². The van der Waals surface area contributed by atoms with Crippen LogP contribution in [0.1, 0.15) is 43.5 Å². The third kappa shape index (κ3) is 3.44. The summed E-state index contributed by atoms with van der Waals surface area (Å²) in [6, 6.07) is 18.4. The maximum Gasteiger partial charge on any atom is 0.339 e. The van der Waals surface area contributed by atoms with Crippen LogP contribution < -0.4 is 5.32 Å². The molecule has 0 aliphatic carbocycles. The van der Waals surface area contributed by atoms with Crippen molar-refractivity contribution in [3.05, 3.63) is 94.7 Å². The lowest BCUT2D eigenvalue weighted by Gasteiger charge is -2.25. The fourth-order valence-corrected chi connectivity index (χ4v) is 3.19. The number of carbonyl (C=O) groups excluding carboxylic acids is 2. The third-order valence-electron chi connectivity index (χ3n) is 4.65. The van der Waals surface area contributed by atoms with Gasteiger partial charge in [-0.1, -0.05) is 36.4 Å². The average Bonchev–Trinajstić information content (AvgIpc) is 2.70. The van der Waals surface area contributed by atoms with Gasteiger partial charge < -0.3 is 10.1 Å². The Morgan fingerprint density at radius 3 is 2.70 bits per heavy atom. The molecule has 1 aliphatic rings. The number of amides is 1. The fourth-order valence-electron chi connectivity index (χ4n) is 3.19. The summed E-state index contributed by atoms with van der Waals surface area (Å²) >= 11 is 0. The minimum absolute atomic E-state index is 0.255. The first-order chi connectivity index (χ1) is 13.1. The van der Waals surface area contributed by atoms with Crippen LogP contribution in [0.2, 0.25) is 0 Å². The lowest BCUT2D eigenvalue weighted by molar-refractivity contribution is 0.0252. The Morgan fingerprint density at radius 1 is 1.11 bits per heavy atom. The van der Waals surface area contributed by atoms with Crippen molar-refractivity contribution in [1.82, 2.24) is 4.98 Å². The number of aromatic nitrogens is 1. The number of ether oxygens (including phenoxy) is 1. The van der Waals surface area contributed by atoms with Gasteiger partial charge in [0.05, 0.1) is 5.56 Å². The van der Waals surface area contributed by atoms with Crippen LogP contribution in [0, 0.1) is 6.92 Å². The van der Waals surface area contributed by atoms with E-state index in [1.54, 1.807) is 24.4 Å². The van der Waals surface area contributed by atoms with Crippen LogP contribution >= 0.6 is 0 Å². The number of hydrogen-bond acceptors (Lipinski definition) is 4. The Hall–Kier alpha value is -3.47. The van der Waals surface area contributed by atoms with Crippen LogP contribution in [-0.2, 0) is 11.2 Å². The molecule has 4 rings (SSSR count). The normalized spacial score (nSPS) is 15.6. The van der Waals surface area contributed by atoms with Gasteiger partial charge in [0.1, 0.15) is 11.9 Å². The SMILES string of the molecule is Cc1cccnc1NC(=O)c1ccc2c(c1)C[C@H](c1ccccc1)OC2=O. The highest BCUT2D eigenvalue weighted by atomic mass is 16.5. The van der Waals surface area contributed by atoms with E-state index in [9.17, 15) is 9.59 Å². The molecule has 1 atom stereocenters. The molecule has 5 nitrogen and oxygen atoms in total. The minimum Gasteiger partial charge on any atom is -0.454 e. The van der Waals surface area contributed by atoms with Gasteiger partial charge in [0, 0.05) is 18.2 Å². The van der Waals surface area contributed by atoms with Crippen LogP contribution in [0.3, 0.4) is 0 Å². The van der Waals surface area contributed by atoms with Crippen LogP contribution in [0.15, 0.2) is 66.9 Å². The van der Waals surface area contributed by atoms with E-state index in [2.05, 4.69) is 10.3 Å². The molecule has 27 heavy (non-hydrogen) atoms. The van der Waals surface area contributed by atoms with Crippen molar-refractivity contribution >= 4 is 17.7 Å². The number of pyridine rings is 1. The number of hydrogen-bond donors (Lipinski definition) is 1. The second kappa shape index (κ2) is 7.03. The van der Waals surface area contributed by atoms with Crippen LogP contribution in [0.5, 0.6) is 0 Å². The van der Waals surface area contributed by atoms with Crippen molar-refractivity contribution < 1.29 is 14.3 Å². The van der Waals surface area contributed by atoms with Gasteiger partial charge in [0.2, 0.25) is 0 Å². The van der Waals surface area contributed by atoms with Crippen LogP contribution in [0.25, 0.3) is 0 Å². The molecule has 1 aromatic heterocycles. The van der Waals surface area contributed by atoms with E-state index in [4.69, 9.17) is 4.74 Å². The Bertz CT molecular complexity index is 1020. The van der Waals surface area contributed by atoms with Crippen molar-refractivity contribution in [3.8, 4) is 0 Å². The zero-order chi connectivity index (χ0) is 18.8. The summed E-state index contributed by atoms with van der Waals surface area (Å²) in [6.07, 6.45) is 1.83. The lowest BCUT2D eigenvalue weighted by atomic mass is 9.93. The van der Waals surface area contributed by atoms with Gasteiger partial charge in [-0.15, -0.1) is 0 Å². The summed E-state index contributed by atoms with van der Waals surface area (Å²) in [7, 11) is 0. The molecular formula is C22H18N2O3. The van der Waals surface area contributed by atoms with Gasteiger partial charge in [-0.05, 0) is 47.9 Å². The summed E-state index contributed by atoms with van der Waals surface area (Å²) in [5, 5.41) is 2.82. The molecule has 0 fully saturated rings. The Morgan fingerprint density at radius 2 is 1.93 bits per heavy atom. The first-order valence-electron chi connectivity index (χ1n) is 8.73. The van der Waals surface area contributed by atoms with E-state index in [0.29, 0.717) is 23.4 Å². The van der Waals surface area contributed by atoms with Gasteiger partial charge in [-0.25, -0.2) is 9.78 Å². The summed E-state index contributed by atoms with van der Waals surface area (Å²) in [4.78, 5) is 29.2. The Balaban J connectivity index is 1.60. The summed E-state index contributed by atoms with van der Waals surface area (Å²) in [5.41, 5.74) is 3.63. The standard InChI is InChI=1S/C22H18N2O3/c1-14-6-5-11-23-20(14)24-21(25)16-9-10-18-17(12-16)13-19(27-22(18)26)15-7-3-2-4-8-15/h2-12,19H,13H2,1H3,(H,23,24,25)/t19-/m1/s1. The molecule has 2 aromatic carbocycles. The van der Waals surface area contributed by atoms with E-state index in [-0.39, 0.29) is 18.0 Å². The predicted molar refractivity (Wildman–Crippen MR) is 102 cm³/mol. The van der Waals surface area contributed by atoms with E-state index < -0.39 is 0 Å². The van der Waals surface area contributed by atoms with Gasteiger partial charge >= 0.3 is 5.97 Å². The number of cyclic esters (lactones) is 1. The number of carbonyl (C=O) groups is 2. The van der Waals surface area contributed by atoms with Gasteiger partial charge in [-0.2, -0.15) is 0 Å². The molecule has 1 amide bonds. The second-order valence-corrected chi connectivity index (χ2v) is 6.50. The number of fused-ring (bicyclic) bond motifs is 1. The minimum atomic E-state index is -0.363. The number of nitrogens with one attached hydrogen (secondary N) is 1. The molecule has 5 heteroatoms. The van der Waals surface area contributed by atoms with Crippen molar-refractivity contribution in [1.29, 1.82) is 0 Å². The molecule has 0 spiro atoms. The topological polar surface area (TPSA) is 68.3 Å². The average molecular weight is 358 g/mol. The van der Waals surface area contributed by atoms with Gasteiger partial charge in [0.15, 0.2) is 0 Å². The van der Waals surface area contributed by atoms with Crippen molar-refractivity contribution in [2.24, 2.45) is 0 Å². The third-order valence-corrected chi connectivity index (χ3v) is 4.65. The molecule has 0 saturated carbocycles. The van der Waals surface area contributed by atoms with Crippen LogP contribution in [0.4, 0.5) is 5.82 Å². The Labute approximate surface area is 157 Å². The highest BCUT2D eigenvalue weighted by Gasteiger charge is 2.28. The predicted octanol–water partition coefficient (Wildman–Crippen LogP) is 4.10. The smallest absolute Gasteiger partial charge is 0.339 e. The number of benzene rings is 2. The highest BCUT2D eigenvalue weighted by molar-refractivity contribution is 6.05. The van der Waals surface area contributed by atoms with E-state index in [1.165, 1.54) is 0 Å². The largest absolute Gasteiger partial charge is 0.454 e. The maximum atomic E-state index is 12.6. The highest BCUT2D eigenvalue weighted by Crippen LogP contribution is 2.31. The number of rotatable bonds is 3. The number of aryl methyl sites for hydroxylation is 1. The molecule has 0 saturated heterocycles.